The SMILES string of the molecule is CS(=O)C(C[C@@H]1CC[C@@H](N)C(=O)NC1)c1cccc(F)c1F. The molecule has 0 aliphatic carbocycles. The highest BCUT2D eigenvalue weighted by atomic mass is 32.2. The molecule has 1 aromatic carbocycles. The lowest BCUT2D eigenvalue weighted by Gasteiger charge is -2.21. The van der Waals surface area contributed by atoms with Crippen LogP contribution >= 0.6 is 0 Å². The fourth-order valence-electron chi connectivity index (χ4n) is 2.74. The molecule has 0 aromatic heterocycles. The summed E-state index contributed by atoms with van der Waals surface area (Å²) in [5.74, 6) is -2.05. The Morgan fingerprint density at radius 3 is 2.82 bits per heavy atom. The second-order valence-electron chi connectivity index (χ2n) is 5.66. The van der Waals surface area contributed by atoms with Crippen molar-refractivity contribution in [3.63, 3.8) is 0 Å². The molecule has 0 radical (unpaired) electrons. The minimum atomic E-state index is -1.35. The van der Waals surface area contributed by atoms with Gasteiger partial charge in [0, 0.05) is 29.2 Å². The van der Waals surface area contributed by atoms with Gasteiger partial charge in [0.15, 0.2) is 11.6 Å². The van der Waals surface area contributed by atoms with Crippen LogP contribution in [0, 0.1) is 17.6 Å². The van der Waals surface area contributed by atoms with Gasteiger partial charge >= 0.3 is 0 Å². The van der Waals surface area contributed by atoms with Crippen molar-refractivity contribution in [1.29, 1.82) is 0 Å². The van der Waals surface area contributed by atoms with Gasteiger partial charge in [-0.2, -0.15) is 0 Å². The number of carbonyl (C=O) groups excluding carboxylic acids is 1. The van der Waals surface area contributed by atoms with Crippen molar-refractivity contribution in [2.75, 3.05) is 12.8 Å². The van der Waals surface area contributed by atoms with Crippen molar-refractivity contribution in [3.8, 4) is 0 Å². The van der Waals surface area contributed by atoms with Crippen LogP contribution < -0.4 is 11.1 Å². The lowest BCUT2D eigenvalue weighted by atomic mass is 9.94. The molecular weight excluding hydrogens is 310 g/mol. The van der Waals surface area contributed by atoms with Crippen molar-refractivity contribution in [2.24, 2.45) is 11.7 Å². The third kappa shape index (κ3) is 3.89. The molecule has 1 saturated heterocycles. The first kappa shape index (κ1) is 17.0. The third-order valence-electron chi connectivity index (χ3n) is 4.06. The number of nitrogens with one attached hydrogen (secondary N) is 1. The van der Waals surface area contributed by atoms with Gasteiger partial charge in [-0.1, -0.05) is 12.1 Å². The van der Waals surface area contributed by atoms with Crippen LogP contribution in [-0.4, -0.2) is 29.0 Å². The van der Waals surface area contributed by atoms with E-state index in [2.05, 4.69) is 5.32 Å². The van der Waals surface area contributed by atoms with Gasteiger partial charge in [0.2, 0.25) is 5.91 Å². The molecule has 1 fully saturated rings. The van der Waals surface area contributed by atoms with Crippen LogP contribution in [0.3, 0.4) is 0 Å². The second kappa shape index (κ2) is 7.28. The van der Waals surface area contributed by atoms with Crippen molar-refractivity contribution in [1.82, 2.24) is 5.32 Å². The Balaban J connectivity index is 2.17. The van der Waals surface area contributed by atoms with E-state index >= 15 is 0 Å². The Morgan fingerprint density at radius 1 is 1.41 bits per heavy atom. The van der Waals surface area contributed by atoms with E-state index in [1.54, 1.807) is 0 Å². The van der Waals surface area contributed by atoms with Gasteiger partial charge in [0.25, 0.3) is 0 Å². The predicted octanol–water partition coefficient (Wildman–Crippen LogP) is 1.63. The minimum absolute atomic E-state index is 0.0362. The highest BCUT2D eigenvalue weighted by Crippen LogP contribution is 2.31. The van der Waals surface area contributed by atoms with Crippen molar-refractivity contribution in [3.05, 3.63) is 35.4 Å². The quantitative estimate of drug-likeness (QED) is 0.881. The number of carbonyl (C=O) groups is 1. The fraction of sp³-hybridized carbons (Fsp3) is 0.533. The smallest absolute Gasteiger partial charge is 0.236 e. The standard InChI is InChI=1S/C15H20F2N2O2S/c1-22(21)13(10-3-2-4-11(16)14(10)17)7-9-5-6-12(18)15(20)19-8-9/h2-4,9,12-13H,5-8,18H2,1H3,(H,19,20)/t9-,12+,13?,22?/m0/s1. The van der Waals surface area contributed by atoms with E-state index in [9.17, 15) is 17.8 Å². The Morgan fingerprint density at radius 2 is 2.14 bits per heavy atom. The van der Waals surface area contributed by atoms with Crippen LogP contribution in [0.2, 0.25) is 0 Å². The second-order valence-corrected chi connectivity index (χ2v) is 7.23. The van der Waals surface area contributed by atoms with E-state index in [1.807, 2.05) is 0 Å². The van der Waals surface area contributed by atoms with Gasteiger partial charge in [-0.05, 0) is 31.2 Å². The van der Waals surface area contributed by atoms with Gasteiger partial charge in [-0.25, -0.2) is 8.78 Å². The van der Waals surface area contributed by atoms with Gasteiger partial charge in [0.1, 0.15) is 0 Å². The molecular formula is C15H20F2N2O2S. The Hall–Kier alpha value is -1.34. The van der Waals surface area contributed by atoms with Crippen LogP contribution in [0.15, 0.2) is 18.2 Å². The molecule has 1 amide bonds. The van der Waals surface area contributed by atoms with Crippen LogP contribution in [0.1, 0.15) is 30.1 Å². The number of nitrogens with two attached hydrogens (primary N) is 1. The summed E-state index contributed by atoms with van der Waals surface area (Å²) in [5.41, 5.74) is 5.83. The molecule has 1 heterocycles. The maximum atomic E-state index is 14.0. The van der Waals surface area contributed by atoms with Crippen molar-refractivity contribution >= 4 is 16.7 Å². The molecule has 3 N–H and O–H groups in total. The summed E-state index contributed by atoms with van der Waals surface area (Å²) in [5, 5.41) is 2.13. The third-order valence-corrected chi connectivity index (χ3v) is 5.31. The summed E-state index contributed by atoms with van der Waals surface area (Å²) >= 11 is 0. The van der Waals surface area contributed by atoms with E-state index in [4.69, 9.17) is 5.73 Å². The average Bonchev–Trinajstić information content (AvgIpc) is 2.63. The van der Waals surface area contributed by atoms with E-state index in [0.29, 0.717) is 25.8 Å². The van der Waals surface area contributed by atoms with Gasteiger partial charge in [-0.3, -0.25) is 9.00 Å². The molecule has 0 bridgehead atoms. The molecule has 1 aliphatic heterocycles. The Bertz CT molecular complexity index is 583. The molecule has 1 aliphatic rings. The molecule has 4 nitrogen and oxygen atoms in total. The lowest BCUT2D eigenvalue weighted by Crippen LogP contribution is -2.39. The average molecular weight is 330 g/mol. The topological polar surface area (TPSA) is 72.2 Å². The zero-order valence-corrected chi connectivity index (χ0v) is 13.2. The number of halogens is 2. The van der Waals surface area contributed by atoms with Crippen molar-refractivity contribution in [2.45, 2.75) is 30.6 Å². The predicted molar refractivity (Wildman–Crippen MR) is 81.5 cm³/mol. The van der Waals surface area contributed by atoms with Crippen LogP contribution in [0.5, 0.6) is 0 Å². The number of benzene rings is 1. The molecule has 2 unspecified atom stereocenters. The lowest BCUT2D eigenvalue weighted by molar-refractivity contribution is -0.122. The summed E-state index contributed by atoms with van der Waals surface area (Å²) in [4.78, 5) is 11.5. The highest BCUT2D eigenvalue weighted by Gasteiger charge is 2.28. The maximum Gasteiger partial charge on any atom is 0.236 e. The Kier molecular flexibility index (Phi) is 5.63. The van der Waals surface area contributed by atoms with Gasteiger partial charge in [-0.15, -0.1) is 0 Å². The van der Waals surface area contributed by atoms with Crippen molar-refractivity contribution < 1.29 is 17.8 Å². The summed E-state index contributed by atoms with van der Waals surface area (Å²) in [6.07, 6.45) is 3.11. The van der Waals surface area contributed by atoms with Crippen LogP contribution in [0.25, 0.3) is 0 Å². The minimum Gasteiger partial charge on any atom is -0.354 e. The van der Waals surface area contributed by atoms with Gasteiger partial charge in [0.05, 0.1) is 11.3 Å². The summed E-state index contributed by atoms with van der Waals surface area (Å²) in [6.45, 7) is 0.414. The Labute approximate surface area is 130 Å². The number of rotatable bonds is 4. The molecule has 0 saturated carbocycles. The first-order valence-corrected chi connectivity index (χ1v) is 8.81. The summed E-state index contributed by atoms with van der Waals surface area (Å²) in [7, 11) is -1.35. The largest absolute Gasteiger partial charge is 0.354 e. The first-order valence-electron chi connectivity index (χ1n) is 7.19. The normalized spacial score (nSPS) is 25.2. The number of hydrogen-bond donors (Lipinski definition) is 2. The molecule has 122 valence electrons. The summed E-state index contributed by atoms with van der Waals surface area (Å²) < 4.78 is 39.4. The molecule has 1 aromatic rings. The summed E-state index contributed by atoms with van der Waals surface area (Å²) in [6, 6.07) is 3.38. The highest BCUT2D eigenvalue weighted by molar-refractivity contribution is 7.84. The number of hydrogen-bond acceptors (Lipinski definition) is 3. The monoisotopic (exact) mass is 330 g/mol. The number of amides is 1. The molecule has 22 heavy (non-hydrogen) atoms. The van der Waals surface area contributed by atoms with Gasteiger partial charge < -0.3 is 11.1 Å². The van der Waals surface area contributed by atoms with E-state index < -0.39 is 33.7 Å². The zero-order valence-electron chi connectivity index (χ0n) is 12.4. The zero-order chi connectivity index (χ0) is 16.3. The van der Waals surface area contributed by atoms with E-state index in [1.165, 1.54) is 18.4 Å². The van der Waals surface area contributed by atoms with Crippen LogP contribution in [-0.2, 0) is 15.6 Å². The van der Waals surface area contributed by atoms with Crippen LogP contribution in [0.4, 0.5) is 8.78 Å². The maximum absolute atomic E-state index is 14.0. The fourth-order valence-corrected chi connectivity index (χ4v) is 3.82. The molecule has 7 heteroatoms. The molecule has 4 atom stereocenters. The molecule has 2 rings (SSSR count). The molecule has 0 spiro atoms. The van der Waals surface area contributed by atoms with E-state index in [-0.39, 0.29) is 17.4 Å². The van der Waals surface area contributed by atoms with E-state index in [0.717, 1.165) is 6.07 Å². The first-order chi connectivity index (χ1) is 10.4.